The molecule has 1 aliphatic rings. The zero-order valence-corrected chi connectivity index (χ0v) is 19.1. The zero-order valence-electron chi connectivity index (χ0n) is 19.1. The summed E-state index contributed by atoms with van der Waals surface area (Å²) in [4.78, 5) is 21.9. The smallest absolute Gasteiger partial charge is 0.251 e. The van der Waals surface area contributed by atoms with Gasteiger partial charge in [0.1, 0.15) is 0 Å². The van der Waals surface area contributed by atoms with Gasteiger partial charge in [-0.3, -0.25) is 14.5 Å². The zero-order chi connectivity index (χ0) is 23.9. The van der Waals surface area contributed by atoms with Gasteiger partial charge in [0, 0.05) is 30.4 Å². The van der Waals surface area contributed by atoms with Gasteiger partial charge in [-0.2, -0.15) is 0 Å². The molecule has 1 N–H and O–H groups in total. The molecule has 0 bridgehead atoms. The van der Waals surface area contributed by atoms with Crippen molar-refractivity contribution in [3.63, 3.8) is 0 Å². The lowest BCUT2D eigenvalue weighted by molar-refractivity contribution is -0.00467. The van der Waals surface area contributed by atoms with E-state index in [2.05, 4.69) is 15.4 Å². The Morgan fingerprint density at radius 1 is 1.29 bits per heavy atom. The van der Waals surface area contributed by atoms with Gasteiger partial charge in [0.25, 0.3) is 5.91 Å². The molecule has 0 saturated heterocycles. The number of pyridine rings is 2. The van der Waals surface area contributed by atoms with Crippen LogP contribution in [0.2, 0.25) is 0 Å². The number of carbonyl (C=O) groups is 1. The molecule has 0 fully saturated rings. The Labute approximate surface area is 195 Å². The third-order valence-electron chi connectivity index (χ3n) is 5.89. The fourth-order valence-electron chi connectivity index (χ4n) is 4.13. The maximum Gasteiger partial charge on any atom is 0.251 e. The molecule has 0 unspecified atom stereocenters. The first-order valence-corrected chi connectivity index (χ1v) is 10.9. The first-order valence-electron chi connectivity index (χ1n) is 10.9. The third kappa shape index (κ3) is 4.10. The summed E-state index contributed by atoms with van der Waals surface area (Å²) in [6.07, 6.45) is 3.57. The van der Waals surface area contributed by atoms with Crippen LogP contribution in [0.1, 0.15) is 34.1 Å². The summed E-state index contributed by atoms with van der Waals surface area (Å²) in [5.41, 5.74) is 2.95. The molecule has 4 aromatic rings. The molecule has 0 spiro atoms. The van der Waals surface area contributed by atoms with E-state index in [0.29, 0.717) is 29.3 Å². The Morgan fingerprint density at radius 2 is 2.15 bits per heavy atom. The van der Waals surface area contributed by atoms with Crippen LogP contribution in [0.3, 0.4) is 0 Å². The average molecular weight is 461 g/mol. The summed E-state index contributed by atoms with van der Waals surface area (Å²) in [5.74, 6) is 0.200. The van der Waals surface area contributed by atoms with Crippen LogP contribution in [0.25, 0.3) is 22.2 Å². The van der Waals surface area contributed by atoms with Crippen LogP contribution in [-0.2, 0) is 30.6 Å². The van der Waals surface area contributed by atoms with Gasteiger partial charge in [0.2, 0.25) is 5.88 Å². The fraction of sp³-hybridized carbons (Fsp3) is 0.280. The molecule has 5 rings (SSSR count). The van der Waals surface area contributed by atoms with Gasteiger partial charge in [-0.15, -0.1) is 5.10 Å². The van der Waals surface area contributed by atoms with E-state index in [1.54, 1.807) is 36.2 Å². The molecule has 3 aromatic heterocycles. The van der Waals surface area contributed by atoms with E-state index in [1.807, 2.05) is 31.4 Å². The van der Waals surface area contributed by atoms with Gasteiger partial charge < -0.3 is 14.8 Å². The number of alkyl halides is 1. The minimum Gasteiger partial charge on any atom is -0.479 e. The van der Waals surface area contributed by atoms with Crippen molar-refractivity contribution in [2.75, 3.05) is 13.7 Å². The van der Waals surface area contributed by atoms with Crippen LogP contribution >= 0.6 is 0 Å². The van der Waals surface area contributed by atoms with E-state index >= 15 is 0 Å². The summed E-state index contributed by atoms with van der Waals surface area (Å²) in [6.45, 7) is 2.00. The molecule has 8 nitrogen and oxygen atoms in total. The number of rotatable bonds is 5. The number of amides is 1. The van der Waals surface area contributed by atoms with Crippen molar-refractivity contribution in [2.24, 2.45) is 7.05 Å². The molecule has 1 aromatic carbocycles. The second kappa shape index (κ2) is 8.49. The molecule has 1 aliphatic heterocycles. The molecule has 0 saturated carbocycles. The van der Waals surface area contributed by atoms with Crippen molar-refractivity contribution in [2.45, 2.75) is 25.7 Å². The predicted molar refractivity (Wildman–Crippen MR) is 124 cm³/mol. The second-order valence-electron chi connectivity index (χ2n) is 8.54. The minimum atomic E-state index is -1.62. The molecule has 0 radical (unpaired) electrons. The van der Waals surface area contributed by atoms with E-state index < -0.39 is 5.67 Å². The highest BCUT2D eigenvalue weighted by Gasteiger charge is 2.33. The molecular weight excluding hydrogens is 437 g/mol. The highest BCUT2D eigenvalue weighted by molar-refractivity contribution is 5.94. The van der Waals surface area contributed by atoms with Crippen LogP contribution in [0.15, 0.2) is 48.8 Å². The van der Waals surface area contributed by atoms with Crippen LogP contribution in [0.4, 0.5) is 4.39 Å². The van der Waals surface area contributed by atoms with E-state index in [0.717, 1.165) is 27.7 Å². The number of nitrogens with zero attached hydrogens (tertiary/aromatic N) is 4. The summed E-state index contributed by atoms with van der Waals surface area (Å²) in [7, 11) is 3.39. The second-order valence-corrected chi connectivity index (χ2v) is 8.54. The number of benzene rings is 1. The summed E-state index contributed by atoms with van der Waals surface area (Å²) >= 11 is 0. The number of methoxy groups -OCH3 is 1. The molecule has 174 valence electrons. The average Bonchev–Trinajstić information content (AvgIpc) is 3.22. The molecule has 0 aliphatic carbocycles. The van der Waals surface area contributed by atoms with Gasteiger partial charge in [-0.05, 0) is 48.4 Å². The van der Waals surface area contributed by atoms with Gasteiger partial charge in [0.05, 0.1) is 49.3 Å². The van der Waals surface area contributed by atoms with Crippen molar-refractivity contribution in [3.8, 4) is 17.1 Å². The molecule has 1 atom stereocenters. The Kier molecular flexibility index (Phi) is 5.49. The number of carbonyl (C=O) groups excluding carboxylic acids is 1. The van der Waals surface area contributed by atoms with Crippen molar-refractivity contribution in [1.82, 2.24) is 25.1 Å². The number of hydrogen-bond acceptors (Lipinski definition) is 6. The Balaban J connectivity index is 1.35. The van der Waals surface area contributed by atoms with E-state index in [-0.39, 0.29) is 19.1 Å². The number of nitrogens with one attached hydrogen (secondary N) is 1. The lowest BCUT2D eigenvalue weighted by atomic mass is 9.90. The molecule has 1 amide bonds. The largest absolute Gasteiger partial charge is 0.479 e. The number of aromatic nitrogens is 4. The first-order chi connectivity index (χ1) is 16.3. The van der Waals surface area contributed by atoms with E-state index in [1.165, 1.54) is 6.92 Å². The van der Waals surface area contributed by atoms with Crippen molar-refractivity contribution < 1.29 is 18.7 Å². The standard InChI is InChI=1S/C25H24FN5O3/c1-25(26)14-34-13-17-5-4-15(8-20(17)25)23(32)28-11-18-9-22-16(10-27-18)6-7-21(29-22)19-12-31(2)30-24(19)33-3/h4-10,12H,11,13-14H2,1-3H3,(H,28,32)/t25-/m1/s1. The topological polar surface area (TPSA) is 91.2 Å². The minimum absolute atomic E-state index is 0.0218. The summed E-state index contributed by atoms with van der Waals surface area (Å²) in [5, 5.41) is 8.02. The lowest BCUT2D eigenvalue weighted by Crippen LogP contribution is -2.30. The van der Waals surface area contributed by atoms with Gasteiger partial charge >= 0.3 is 0 Å². The summed E-state index contributed by atoms with van der Waals surface area (Å²) < 4.78 is 27.1. The number of aryl methyl sites for hydroxylation is 1. The van der Waals surface area contributed by atoms with E-state index in [4.69, 9.17) is 14.5 Å². The number of halogens is 1. The van der Waals surface area contributed by atoms with Crippen LogP contribution in [0.5, 0.6) is 5.88 Å². The van der Waals surface area contributed by atoms with Crippen LogP contribution in [0, 0.1) is 0 Å². The Morgan fingerprint density at radius 3 is 2.97 bits per heavy atom. The summed E-state index contributed by atoms with van der Waals surface area (Å²) in [6, 6.07) is 10.7. The number of fused-ring (bicyclic) bond motifs is 2. The lowest BCUT2D eigenvalue weighted by Gasteiger charge is -2.29. The monoisotopic (exact) mass is 461 g/mol. The number of hydrogen-bond donors (Lipinski definition) is 1. The maximum atomic E-state index is 14.8. The molecular formula is C25H24FN5O3. The Bertz CT molecular complexity index is 1400. The Hall–Kier alpha value is -3.85. The van der Waals surface area contributed by atoms with Crippen molar-refractivity contribution >= 4 is 16.8 Å². The van der Waals surface area contributed by atoms with Gasteiger partial charge in [-0.1, -0.05) is 6.07 Å². The number of ether oxygens (including phenoxy) is 2. The first kappa shape index (κ1) is 22.0. The highest BCUT2D eigenvalue weighted by Crippen LogP contribution is 2.34. The quantitative estimate of drug-likeness (QED) is 0.488. The normalized spacial score (nSPS) is 17.4. The SMILES string of the molecule is COc1nn(C)cc1-c1ccc2cnc(CNC(=O)c3ccc4c(c3)[C@](C)(F)COC4)cc2n1. The van der Waals surface area contributed by atoms with Gasteiger partial charge in [-0.25, -0.2) is 9.37 Å². The van der Waals surface area contributed by atoms with E-state index in [9.17, 15) is 9.18 Å². The fourth-order valence-corrected chi connectivity index (χ4v) is 4.13. The predicted octanol–water partition coefficient (Wildman–Crippen LogP) is 3.68. The molecule has 34 heavy (non-hydrogen) atoms. The third-order valence-corrected chi connectivity index (χ3v) is 5.89. The van der Waals surface area contributed by atoms with Gasteiger partial charge in [0.15, 0.2) is 5.67 Å². The molecule has 4 heterocycles. The maximum absolute atomic E-state index is 14.8. The van der Waals surface area contributed by atoms with Crippen LogP contribution < -0.4 is 10.1 Å². The van der Waals surface area contributed by atoms with Crippen molar-refractivity contribution in [3.05, 3.63) is 71.2 Å². The highest BCUT2D eigenvalue weighted by atomic mass is 19.1. The molecule has 9 heteroatoms. The van der Waals surface area contributed by atoms with Crippen LogP contribution in [-0.4, -0.2) is 39.4 Å². The van der Waals surface area contributed by atoms with Crippen molar-refractivity contribution in [1.29, 1.82) is 0 Å².